The first-order valence-corrected chi connectivity index (χ1v) is 5.28. The van der Waals surface area contributed by atoms with Crippen LogP contribution in [0.25, 0.3) is 0 Å². The molecule has 1 atom stereocenters. The van der Waals surface area contributed by atoms with Crippen LogP contribution in [0.4, 0.5) is 8.78 Å². The molecular weight excluding hydrogens is 242 g/mol. The summed E-state index contributed by atoms with van der Waals surface area (Å²) in [7, 11) is 1.54. The quantitative estimate of drug-likeness (QED) is 0.870. The lowest BCUT2D eigenvalue weighted by Gasteiger charge is -2.12. The monoisotopic (exact) mass is 254 g/mol. The van der Waals surface area contributed by atoms with Gasteiger partial charge in [0.05, 0.1) is 12.6 Å². The molecule has 0 saturated carbocycles. The van der Waals surface area contributed by atoms with Crippen molar-refractivity contribution in [3.05, 3.63) is 52.2 Å². The largest absolute Gasteiger partial charge is 0.345 e. The van der Waals surface area contributed by atoms with E-state index in [2.05, 4.69) is 5.10 Å². The zero-order valence-electron chi connectivity index (χ0n) is 9.68. The summed E-state index contributed by atoms with van der Waals surface area (Å²) >= 11 is 0. The van der Waals surface area contributed by atoms with Gasteiger partial charge in [0.1, 0.15) is 18.0 Å². The first kappa shape index (κ1) is 12.4. The van der Waals surface area contributed by atoms with Crippen molar-refractivity contribution in [1.29, 1.82) is 0 Å². The summed E-state index contributed by atoms with van der Waals surface area (Å²) in [4.78, 5) is 11.5. The summed E-state index contributed by atoms with van der Waals surface area (Å²) in [5, 5.41) is 3.80. The molecule has 96 valence electrons. The Kier molecular flexibility index (Phi) is 3.24. The summed E-state index contributed by atoms with van der Waals surface area (Å²) in [5.74, 6) is -1.18. The van der Waals surface area contributed by atoms with Gasteiger partial charge in [0, 0.05) is 12.6 Å². The Morgan fingerprint density at radius 3 is 2.78 bits per heavy atom. The molecule has 2 N–H and O–H groups in total. The molecular formula is C11H12F2N4O. The maximum absolute atomic E-state index is 13.5. The van der Waals surface area contributed by atoms with Crippen LogP contribution in [0, 0.1) is 11.6 Å². The van der Waals surface area contributed by atoms with Gasteiger partial charge in [-0.2, -0.15) is 5.10 Å². The lowest BCUT2D eigenvalue weighted by atomic mass is 10.1. The van der Waals surface area contributed by atoms with Gasteiger partial charge in [0.25, 0.3) is 0 Å². The summed E-state index contributed by atoms with van der Waals surface area (Å²) < 4.78 is 28.9. The highest BCUT2D eigenvalue weighted by molar-refractivity contribution is 5.21. The van der Waals surface area contributed by atoms with Gasteiger partial charge in [-0.3, -0.25) is 4.57 Å². The Morgan fingerprint density at radius 1 is 1.44 bits per heavy atom. The van der Waals surface area contributed by atoms with E-state index in [0.29, 0.717) is 0 Å². The van der Waals surface area contributed by atoms with Gasteiger partial charge in [0.15, 0.2) is 0 Å². The molecule has 0 bridgehead atoms. The smallest absolute Gasteiger partial charge is 0.322 e. The minimum absolute atomic E-state index is 0.0138. The van der Waals surface area contributed by atoms with Crippen LogP contribution in [-0.2, 0) is 13.6 Å². The van der Waals surface area contributed by atoms with Crippen molar-refractivity contribution < 1.29 is 8.78 Å². The van der Waals surface area contributed by atoms with Gasteiger partial charge in [-0.15, -0.1) is 0 Å². The van der Waals surface area contributed by atoms with E-state index in [1.807, 2.05) is 0 Å². The van der Waals surface area contributed by atoms with E-state index >= 15 is 0 Å². The van der Waals surface area contributed by atoms with Crippen LogP contribution in [0.2, 0.25) is 0 Å². The van der Waals surface area contributed by atoms with Gasteiger partial charge >= 0.3 is 5.69 Å². The van der Waals surface area contributed by atoms with Crippen LogP contribution >= 0.6 is 0 Å². The Bertz CT molecular complexity index is 620. The normalized spacial score (nSPS) is 12.7. The van der Waals surface area contributed by atoms with Crippen molar-refractivity contribution in [2.75, 3.05) is 0 Å². The number of aryl methyl sites for hydroxylation is 1. The average molecular weight is 254 g/mol. The fourth-order valence-electron chi connectivity index (χ4n) is 1.63. The Hall–Kier alpha value is -2.02. The Morgan fingerprint density at radius 2 is 2.17 bits per heavy atom. The molecule has 0 aliphatic rings. The maximum atomic E-state index is 13.5. The highest BCUT2D eigenvalue weighted by Gasteiger charge is 2.15. The summed E-state index contributed by atoms with van der Waals surface area (Å²) in [6.45, 7) is -0.0138. The van der Waals surface area contributed by atoms with E-state index in [9.17, 15) is 13.6 Å². The lowest BCUT2D eigenvalue weighted by Crippen LogP contribution is -2.29. The van der Waals surface area contributed by atoms with Crippen molar-refractivity contribution in [3.63, 3.8) is 0 Å². The molecule has 1 unspecified atom stereocenters. The second-order valence-electron chi connectivity index (χ2n) is 3.98. The molecule has 1 aromatic carbocycles. The van der Waals surface area contributed by atoms with Gasteiger partial charge in [-0.25, -0.2) is 18.3 Å². The Labute approximate surface area is 101 Å². The highest BCUT2D eigenvalue weighted by Crippen LogP contribution is 2.17. The van der Waals surface area contributed by atoms with Crippen LogP contribution in [0.5, 0.6) is 0 Å². The number of hydrogen-bond acceptors (Lipinski definition) is 3. The number of hydrogen-bond donors (Lipinski definition) is 1. The molecule has 7 heteroatoms. The predicted octanol–water partition coefficient (Wildman–Crippen LogP) is 0.560. The predicted molar refractivity (Wildman–Crippen MR) is 60.8 cm³/mol. The van der Waals surface area contributed by atoms with E-state index in [4.69, 9.17) is 5.73 Å². The summed E-state index contributed by atoms with van der Waals surface area (Å²) in [5.41, 5.74) is 5.42. The molecule has 0 aliphatic heterocycles. The van der Waals surface area contributed by atoms with Crippen molar-refractivity contribution in [2.45, 2.75) is 12.6 Å². The van der Waals surface area contributed by atoms with Crippen molar-refractivity contribution in [3.8, 4) is 0 Å². The van der Waals surface area contributed by atoms with Crippen LogP contribution in [0.3, 0.4) is 0 Å². The second-order valence-corrected chi connectivity index (χ2v) is 3.98. The third-order valence-corrected chi connectivity index (χ3v) is 2.61. The third kappa shape index (κ3) is 2.30. The zero-order chi connectivity index (χ0) is 13.3. The van der Waals surface area contributed by atoms with E-state index in [1.54, 1.807) is 7.05 Å². The molecule has 5 nitrogen and oxygen atoms in total. The topological polar surface area (TPSA) is 65.8 Å². The SMILES string of the molecule is Cn1cnn(CC(N)c2cc(F)ccc2F)c1=O. The Balaban J connectivity index is 2.27. The minimum Gasteiger partial charge on any atom is -0.322 e. The number of halogens is 2. The standard InChI is InChI=1S/C11H12F2N4O/c1-16-6-15-17(11(16)18)5-10(14)8-4-7(12)2-3-9(8)13/h2-4,6,10H,5,14H2,1H3. The molecule has 0 spiro atoms. The van der Waals surface area contributed by atoms with Gasteiger partial charge in [-0.1, -0.05) is 0 Å². The lowest BCUT2D eigenvalue weighted by molar-refractivity contribution is 0.483. The van der Waals surface area contributed by atoms with Crippen LogP contribution < -0.4 is 11.4 Å². The molecule has 18 heavy (non-hydrogen) atoms. The first-order valence-electron chi connectivity index (χ1n) is 5.28. The van der Waals surface area contributed by atoms with Crippen molar-refractivity contribution in [2.24, 2.45) is 12.8 Å². The van der Waals surface area contributed by atoms with E-state index in [0.717, 1.165) is 22.9 Å². The molecule has 0 radical (unpaired) electrons. The molecule has 0 fully saturated rings. The fraction of sp³-hybridized carbons (Fsp3) is 0.273. The van der Waals surface area contributed by atoms with Gasteiger partial charge < -0.3 is 5.73 Å². The third-order valence-electron chi connectivity index (χ3n) is 2.61. The number of nitrogens with two attached hydrogens (primary N) is 1. The molecule has 0 saturated heterocycles. The molecule has 2 rings (SSSR count). The maximum Gasteiger partial charge on any atom is 0.345 e. The van der Waals surface area contributed by atoms with Crippen molar-refractivity contribution >= 4 is 0 Å². The number of nitrogens with zero attached hydrogens (tertiary/aromatic N) is 3. The van der Waals surface area contributed by atoms with Crippen LogP contribution in [0.15, 0.2) is 29.3 Å². The number of benzene rings is 1. The van der Waals surface area contributed by atoms with Crippen molar-refractivity contribution in [1.82, 2.24) is 14.3 Å². The van der Waals surface area contributed by atoms with Crippen LogP contribution in [0.1, 0.15) is 11.6 Å². The molecule has 0 aliphatic carbocycles. The van der Waals surface area contributed by atoms with Gasteiger partial charge in [-0.05, 0) is 18.2 Å². The first-order chi connectivity index (χ1) is 8.49. The number of aromatic nitrogens is 3. The summed E-state index contributed by atoms with van der Waals surface area (Å²) in [6.07, 6.45) is 1.33. The zero-order valence-corrected chi connectivity index (χ0v) is 9.68. The molecule has 1 aromatic heterocycles. The van der Waals surface area contributed by atoms with E-state index < -0.39 is 17.7 Å². The minimum atomic E-state index is -0.840. The fourth-order valence-corrected chi connectivity index (χ4v) is 1.63. The average Bonchev–Trinajstić information content (AvgIpc) is 2.64. The molecule has 1 heterocycles. The second kappa shape index (κ2) is 4.69. The molecule has 0 amide bonds. The number of rotatable bonds is 3. The highest BCUT2D eigenvalue weighted by atomic mass is 19.1. The summed E-state index contributed by atoms with van der Waals surface area (Å²) in [6, 6.07) is 2.20. The van der Waals surface area contributed by atoms with Gasteiger partial charge in [0.2, 0.25) is 0 Å². The van der Waals surface area contributed by atoms with Crippen LogP contribution in [-0.4, -0.2) is 14.3 Å². The van der Waals surface area contributed by atoms with E-state index in [-0.39, 0.29) is 17.8 Å². The van der Waals surface area contributed by atoms with E-state index in [1.165, 1.54) is 10.9 Å². The molecule has 2 aromatic rings.